The molecule has 2 amide bonds. The van der Waals surface area contributed by atoms with E-state index in [0.29, 0.717) is 17.5 Å². The Labute approximate surface area is 142 Å². The summed E-state index contributed by atoms with van der Waals surface area (Å²) in [5, 5.41) is 5.65. The van der Waals surface area contributed by atoms with Gasteiger partial charge in [0.2, 0.25) is 0 Å². The van der Waals surface area contributed by atoms with E-state index in [0.717, 1.165) is 0 Å². The molecule has 2 rings (SSSR count). The summed E-state index contributed by atoms with van der Waals surface area (Å²) in [6.07, 6.45) is 0.410. The lowest BCUT2D eigenvalue weighted by molar-refractivity contribution is 0.0904. The fraction of sp³-hybridized carbons (Fsp3) is 0.529. The second-order valence-corrected chi connectivity index (χ2v) is 9.82. The molecular weight excluding hydrogens is 328 g/mol. The van der Waals surface area contributed by atoms with E-state index in [1.807, 2.05) is 20.8 Å². The summed E-state index contributed by atoms with van der Waals surface area (Å²) in [7, 11) is -3.08. The lowest BCUT2D eigenvalue weighted by Gasteiger charge is -2.24. The van der Waals surface area contributed by atoms with E-state index in [9.17, 15) is 18.0 Å². The van der Waals surface area contributed by atoms with E-state index in [-0.39, 0.29) is 28.9 Å². The van der Waals surface area contributed by atoms with Crippen molar-refractivity contribution in [3.05, 3.63) is 35.4 Å². The molecule has 132 valence electrons. The lowest BCUT2D eigenvalue weighted by Crippen LogP contribution is -2.46. The van der Waals surface area contributed by atoms with E-state index < -0.39 is 15.4 Å². The lowest BCUT2D eigenvalue weighted by atomic mass is 10.0. The molecule has 1 fully saturated rings. The van der Waals surface area contributed by atoms with Gasteiger partial charge in [-0.1, -0.05) is 0 Å². The third-order valence-electron chi connectivity index (χ3n) is 3.82. The highest BCUT2D eigenvalue weighted by Crippen LogP contribution is 2.23. The molecule has 1 unspecified atom stereocenters. The largest absolute Gasteiger partial charge is 0.347 e. The molecule has 0 aliphatic carbocycles. The third kappa shape index (κ3) is 4.80. The molecule has 1 aromatic carbocycles. The van der Waals surface area contributed by atoms with Gasteiger partial charge >= 0.3 is 0 Å². The van der Waals surface area contributed by atoms with Gasteiger partial charge in [-0.25, -0.2) is 8.42 Å². The van der Waals surface area contributed by atoms with Crippen molar-refractivity contribution in [2.45, 2.75) is 45.2 Å². The molecule has 1 atom stereocenters. The zero-order valence-electron chi connectivity index (χ0n) is 14.5. The first-order chi connectivity index (χ1) is 10.9. The second kappa shape index (κ2) is 6.20. The summed E-state index contributed by atoms with van der Waals surface area (Å²) in [5.74, 6) is -0.492. The van der Waals surface area contributed by atoms with Gasteiger partial charge in [0.05, 0.1) is 17.0 Å². The standard InChI is InChI=1S/C17H24N2O4S/c1-16(2,3)18-14(20)12-5-7-13(8-6-12)15(21)19-17(4)9-10-24(22,23)11-17/h5-8H,9-11H2,1-4H3,(H,18,20)(H,19,21). The van der Waals surface area contributed by atoms with E-state index in [1.54, 1.807) is 31.2 Å². The van der Waals surface area contributed by atoms with Gasteiger partial charge in [0.15, 0.2) is 9.84 Å². The van der Waals surface area contributed by atoms with Gasteiger partial charge in [0, 0.05) is 16.7 Å². The number of carbonyl (C=O) groups excluding carboxylic acids is 2. The highest BCUT2D eigenvalue weighted by atomic mass is 32.2. The number of amides is 2. The number of benzene rings is 1. The maximum atomic E-state index is 12.3. The van der Waals surface area contributed by atoms with Crippen LogP contribution in [0.25, 0.3) is 0 Å². The summed E-state index contributed by atoms with van der Waals surface area (Å²) >= 11 is 0. The summed E-state index contributed by atoms with van der Waals surface area (Å²) in [6, 6.07) is 6.31. The first-order valence-corrected chi connectivity index (χ1v) is 9.67. The van der Waals surface area contributed by atoms with Gasteiger partial charge in [0.25, 0.3) is 11.8 Å². The van der Waals surface area contributed by atoms with Gasteiger partial charge in [-0.15, -0.1) is 0 Å². The number of hydrogen-bond donors (Lipinski definition) is 2. The number of nitrogens with one attached hydrogen (secondary N) is 2. The highest BCUT2D eigenvalue weighted by Gasteiger charge is 2.39. The molecule has 0 aromatic heterocycles. The van der Waals surface area contributed by atoms with E-state index in [1.165, 1.54) is 0 Å². The summed E-state index contributed by atoms with van der Waals surface area (Å²) in [6.45, 7) is 7.41. The molecule has 2 N–H and O–H groups in total. The van der Waals surface area contributed by atoms with Crippen LogP contribution < -0.4 is 10.6 Å². The molecule has 0 spiro atoms. The Morgan fingerprint density at radius 3 is 1.96 bits per heavy atom. The minimum atomic E-state index is -3.08. The quantitative estimate of drug-likeness (QED) is 0.863. The smallest absolute Gasteiger partial charge is 0.251 e. The topological polar surface area (TPSA) is 92.3 Å². The molecule has 1 saturated heterocycles. The molecule has 1 aliphatic heterocycles. The Bertz CT molecular complexity index is 748. The fourth-order valence-corrected chi connectivity index (χ4v) is 4.73. The number of hydrogen-bond acceptors (Lipinski definition) is 4. The average Bonchev–Trinajstić information content (AvgIpc) is 2.70. The van der Waals surface area contributed by atoms with Crippen molar-refractivity contribution in [2.24, 2.45) is 0 Å². The molecule has 0 saturated carbocycles. The first kappa shape index (κ1) is 18.4. The van der Waals surface area contributed by atoms with Crippen LogP contribution in [0.2, 0.25) is 0 Å². The van der Waals surface area contributed by atoms with Gasteiger partial charge in [-0.05, 0) is 58.4 Å². The third-order valence-corrected chi connectivity index (χ3v) is 5.72. The molecular formula is C17H24N2O4S. The van der Waals surface area contributed by atoms with Crippen LogP contribution in [0.3, 0.4) is 0 Å². The van der Waals surface area contributed by atoms with E-state index in [4.69, 9.17) is 0 Å². The van der Waals surface area contributed by atoms with Gasteiger partial charge < -0.3 is 10.6 Å². The molecule has 1 aromatic rings. The summed E-state index contributed by atoms with van der Waals surface area (Å²) in [4.78, 5) is 24.4. The molecule has 7 heteroatoms. The highest BCUT2D eigenvalue weighted by molar-refractivity contribution is 7.91. The molecule has 0 bridgehead atoms. The van der Waals surface area contributed by atoms with Crippen molar-refractivity contribution < 1.29 is 18.0 Å². The van der Waals surface area contributed by atoms with Crippen molar-refractivity contribution >= 4 is 21.7 Å². The molecule has 6 nitrogen and oxygen atoms in total. The minimum absolute atomic E-state index is 0.0438. The van der Waals surface area contributed by atoms with Crippen molar-refractivity contribution in [1.82, 2.24) is 10.6 Å². The van der Waals surface area contributed by atoms with Gasteiger partial charge in [0.1, 0.15) is 0 Å². The number of carbonyl (C=O) groups is 2. The second-order valence-electron chi connectivity index (χ2n) is 7.64. The molecule has 0 radical (unpaired) electrons. The van der Waals surface area contributed by atoms with Crippen LogP contribution in [-0.4, -0.2) is 42.8 Å². The van der Waals surface area contributed by atoms with Crippen LogP contribution >= 0.6 is 0 Å². The van der Waals surface area contributed by atoms with Crippen LogP contribution in [0.5, 0.6) is 0 Å². The van der Waals surface area contributed by atoms with Crippen molar-refractivity contribution in [2.75, 3.05) is 11.5 Å². The maximum absolute atomic E-state index is 12.3. The van der Waals surface area contributed by atoms with Crippen molar-refractivity contribution in [3.8, 4) is 0 Å². The minimum Gasteiger partial charge on any atom is -0.347 e. The Morgan fingerprint density at radius 1 is 1.04 bits per heavy atom. The van der Waals surface area contributed by atoms with Crippen molar-refractivity contribution in [1.29, 1.82) is 0 Å². The summed E-state index contributed by atoms with van der Waals surface area (Å²) < 4.78 is 23.2. The predicted octanol–water partition coefficient (Wildman–Crippen LogP) is 1.52. The van der Waals surface area contributed by atoms with Crippen LogP contribution in [0, 0.1) is 0 Å². The van der Waals surface area contributed by atoms with Gasteiger partial charge in [-0.2, -0.15) is 0 Å². The normalized spacial score (nSPS) is 22.8. The number of sulfone groups is 1. The van der Waals surface area contributed by atoms with E-state index in [2.05, 4.69) is 10.6 Å². The Balaban J connectivity index is 2.05. The molecule has 24 heavy (non-hydrogen) atoms. The van der Waals surface area contributed by atoms with Crippen molar-refractivity contribution in [3.63, 3.8) is 0 Å². The fourth-order valence-electron chi connectivity index (χ4n) is 2.64. The SMILES string of the molecule is CC(C)(C)NC(=O)c1ccc(C(=O)NC2(C)CCS(=O)(=O)C2)cc1. The molecule has 1 aliphatic rings. The van der Waals surface area contributed by atoms with Gasteiger partial charge in [-0.3, -0.25) is 9.59 Å². The number of rotatable bonds is 3. The Kier molecular flexibility index (Phi) is 4.77. The monoisotopic (exact) mass is 352 g/mol. The average molecular weight is 352 g/mol. The zero-order valence-corrected chi connectivity index (χ0v) is 15.3. The Morgan fingerprint density at radius 2 is 1.54 bits per heavy atom. The van der Waals surface area contributed by atoms with Crippen LogP contribution in [0.1, 0.15) is 54.8 Å². The first-order valence-electron chi connectivity index (χ1n) is 7.85. The van der Waals surface area contributed by atoms with Crippen LogP contribution in [0.4, 0.5) is 0 Å². The van der Waals surface area contributed by atoms with Crippen LogP contribution in [-0.2, 0) is 9.84 Å². The maximum Gasteiger partial charge on any atom is 0.251 e. The zero-order chi connectivity index (χ0) is 18.2. The van der Waals surface area contributed by atoms with Crippen LogP contribution in [0.15, 0.2) is 24.3 Å². The summed E-state index contributed by atoms with van der Waals surface area (Å²) in [5.41, 5.74) is -0.211. The predicted molar refractivity (Wildman–Crippen MR) is 92.8 cm³/mol. The van der Waals surface area contributed by atoms with E-state index >= 15 is 0 Å². The molecule has 1 heterocycles. The Hall–Kier alpha value is -1.89.